The topological polar surface area (TPSA) is 178 Å². The molecule has 12 heteroatoms. The maximum Gasteiger partial charge on any atom is 0.325 e. The number of phenolic OH excluding ortho intramolecular Hbond substituents is 1. The molecule has 1 heterocycles. The highest BCUT2D eigenvalue weighted by molar-refractivity contribution is 7.09. The number of aromatic hydroxyl groups is 1. The maximum absolute atomic E-state index is 14.0. The van der Waals surface area contributed by atoms with Crippen LogP contribution in [0.4, 0.5) is 11.4 Å². The van der Waals surface area contributed by atoms with Crippen molar-refractivity contribution in [3.63, 3.8) is 0 Å². The number of aryl methyl sites for hydroxylation is 1. The smallest absolute Gasteiger partial charge is 0.325 e. The highest BCUT2D eigenvalue weighted by Gasteiger charge is 2.37. The molecule has 0 fully saturated rings. The van der Waals surface area contributed by atoms with E-state index >= 15 is 0 Å². The zero-order chi connectivity index (χ0) is 27.1. The Morgan fingerprint density at radius 3 is 2.38 bits per heavy atom. The number of anilines is 2. The van der Waals surface area contributed by atoms with Crippen LogP contribution in [0.5, 0.6) is 5.75 Å². The van der Waals surface area contributed by atoms with Gasteiger partial charge >= 0.3 is 5.97 Å². The van der Waals surface area contributed by atoms with Gasteiger partial charge in [0.25, 0.3) is 11.8 Å². The Morgan fingerprint density at radius 1 is 1.11 bits per heavy atom. The summed E-state index contributed by atoms with van der Waals surface area (Å²) in [6.45, 7) is 3.25. The second-order valence-corrected chi connectivity index (χ2v) is 8.59. The van der Waals surface area contributed by atoms with Gasteiger partial charge in [-0.15, -0.1) is 0 Å². The molecular formula is C25H27N5O6S. The number of primary amides is 1. The van der Waals surface area contributed by atoms with E-state index in [0.29, 0.717) is 29.2 Å². The minimum atomic E-state index is -1.30. The average molecular weight is 526 g/mol. The number of para-hydroxylation sites is 1. The van der Waals surface area contributed by atoms with Crippen molar-refractivity contribution in [1.29, 1.82) is 0 Å². The first-order valence-electron chi connectivity index (χ1n) is 11.4. The molecule has 3 amide bonds. The van der Waals surface area contributed by atoms with E-state index in [2.05, 4.69) is 9.69 Å². The van der Waals surface area contributed by atoms with Gasteiger partial charge in [0.1, 0.15) is 23.2 Å². The summed E-state index contributed by atoms with van der Waals surface area (Å²) >= 11 is 0.688. The molecule has 1 atom stereocenters. The Labute approximate surface area is 217 Å². The molecule has 0 aliphatic heterocycles. The zero-order valence-electron chi connectivity index (χ0n) is 20.3. The number of nitrogen functional groups attached to an aromatic ring is 1. The van der Waals surface area contributed by atoms with Crippen molar-refractivity contribution in [2.45, 2.75) is 26.3 Å². The van der Waals surface area contributed by atoms with Gasteiger partial charge in [-0.2, -0.15) is 4.37 Å². The molecule has 0 aliphatic carbocycles. The molecule has 0 radical (unpaired) electrons. The third-order valence-electron chi connectivity index (χ3n) is 5.43. The fraction of sp³-hybridized carbons (Fsp3) is 0.240. The minimum absolute atomic E-state index is 0.0425. The molecule has 37 heavy (non-hydrogen) atoms. The molecule has 11 nitrogen and oxygen atoms in total. The molecule has 0 aliphatic rings. The average Bonchev–Trinajstić information content (AvgIpc) is 3.28. The van der Waals surface area contributed by atoms with Crippen LogP contribution in [0.3, 0.4) is 0 Å². The lowest BCUT2D eigenvalue weighted by atomic mass is 10.00. The first-order valence-corrected chi connectivity index (χ1v) is 12.2. The molecule has 0 saturated carbocycles. The Balaban J connectivity index is 2.20. The summed E-state index contributed by atoms with van der Waals surface area (Å²) in [5.41, 5.74) is 12.5. The van der Waals surface area contributed by atoms with Crippen LogP contribution in [-0.4, -0.2) is 46.3 Å². The van der Waals surface area contributed by atoms with Crippen LogP contribution >= 0.6 is 11.5 Å². The predicted octanol–water partition coefficient (Wildman–Crippen LogP) is 2.16. The molecule has 0 bridgehead atoms. The largest absolute Gasteiger partial charge is 0.508 e. The second-order valence-electron chi connectivity index (χ2n) is 7.81. The van der Waals surface area contributed by atoms with E-state index in [4.69, 9.17) is 16.2 Å². The molecular weight excluding hydrogens is 498 g/mol. The summed E-state index contributed by atoms with van der Waals surface area (Å²) in [7, 11) is 0. The summed E-state index contributed by atoms with van der Waals surface area (Å²) in [5.74, 6) is -2.97. The monoisotopic (exact) mass is 525 g/mol. The predicted molar refractivity (Wildman–Crippen MR) is 138 cm³/mol. The van der Waals surface area contributed by atoms with Crippen LogP contribution in [0.2, 0.25) is 0 Å². The van der Waals surface area contributed by atoms with Crippen molar-refractivity contribution < 1.29 is 29.0 Å². The molecule has 0 spiro atoms. The van der Waals surface area contributed by atoms with E-state index in [0.717, 1.165) is 5.56 Å². The number of benzene rings is 2. The lowest BCUT2D eigenvalue weighted by Gasteiger charge is -2.32. The van der Waals surface area contributed by atoms with Crippen molar-refractivity contribution >= 4 is 46.6 Å². The number of ether oxygens (including phenoxy) is 1. The first kappa shape index (κ1) is 27.1. The number of hydrogen-bond acceptors (Lipinski definition) is 9. The molecule has 6 N–H and O–H groups in total. The molecule has 0 saturated heterocycles. The summed E-state index contributed by atoms with van der Waals surface area (Å²) in [4.78, 5) is 52.5. The van der Waals surface area contributed by atoms with Crippen LogP contribution in [0.1, 0.15) is 51.2 Å². The van der Waals surface area contributed by atoms with Crippen molar-refractivity contribution in [2.75, 3.05) is 23.8 Å². The number of nitrogens with one attached hydrogen (secondary N) is 1. The highest BCUT2D eigenvalue weighted by atomic mass is 32.1. The Kier molecular flexibility index (Phi) is 8.80. The summed E-state index contributed by atoms with van der Waals surface area (Å²) in [5, 5.41) is 12.3. The normalized spacial score (nSPS) is 11.4. The van der Waals surface area contributed by atoms with E-state index in [9.17, 15) is 24.3 Å². The number of rotatable bonds is 10. The first-order chi connectivity index (χ1) is 17.7. The molecule has 3 aromatic rings. The lowest BCUT2D eigenvalue weighted by molar-refractivity contribution is -0.143. The number of nitrogens with two attached hydrogens (primary N) is 2. The summed E-state index contributed by atoms with van der Waals surface area (Å²) < 4.78 is 8.82. The van der Waals surface area contributed by atoms with E-state index in [-0.39, 0.29) is 28.6 Å². The van der Waals surface area contributed by atoms with Crippen LogP contribution < -0.4 is 21.7 Å². The van der Waals surface area contributed by atoms with E-state index in [1.165, 1.54) is 29.2 Å². The Bertz CT molecular complexity index is 1310. The molecule has 1 aromatic heterocycles. The molecule has 2 aromatic carbocycles. The van der Waals surface area contributed by atoms with Gasteiger partial charge in [-0.3, -0.25) is 24.1 Å². The third-order valence-corrected chi connectivity index (χ3v) is 6.29. The number of carbonyl (C=O) groups is 4. The Morgan fingerprint density at radius 2 is 1.78 bits per heavy atom. The SMILES string of the molecule is CCOC(=O)CNC(=O)C(c1ccc(O)cc1)N(C(=O)c1snc(C(N)=O)c1N)c1ccccc1CC. The standard InChI is InChI=1S/C25H27N5O6S/c1-3-14-7-5-6-8-17(14)30(25(35)22-19(26)20(23(27)33)29-37-22)21(15-9-11-16(31)12-10-15)24(34)28-13-18(32)36-4-2/h5-12,21,31H,3-4,13,26H2,1-2H3,(H2,27,33)(H,28,34). The summed E-state index contributed by atoms with van der Waals surface area (Å²) in [6.07, 6.45) is 0.525. The number of phenols is 1. The fourth-order valence-electron chi connectivity index (χ4n) is 3.69. The molecule has 3 rings (SSSR count). The van der Waals surface area contributed by atoms with Crippen LogP contribution in [0.15, 0.2) is 48.5 Å². The van der Waals surface area contributed by atoms with Gasteiger partial charge in [-0.25, -0.2) is 0 Å². The quantitative estimate of drug-likeness (QED) is 0.291. The zero-order valence-corrected chi connectivity index (χ0v) is 21.1. The maximum atomic E-state index is 14.0. The van der Waals surface area contributed by atoms with Gasteiger partial charge in [0.2, 0.25) is 5.91 Å². The van der Waals surface area contributed by atoms with Gasteiger partial charge in [0.15, 0.2) is 5.69 Å². The van der Waals surface area contributed by atoms with Crippen LogP contribution in [0.25, 0.3) is 0 Å². The van der Waals surface area contributed by atoms with Gasteiger partial charge < -0.3 is 26.6 Å². The molecule has 1 unspecified atom stereocenters. The van der Waals surface area contributed by atoms with Crippen LogP contribution in [-0.2, 0) is 20.7 Å². The van der Waals surface area contributed by atoms with Crippen LogP contribution in [0, 0.1) is 0 Å². The fourth-order valence-corrected chi connectivity index (χ4v) is 4.43. The number of aromatic nitrogens is 1. The highest BCUT2D eigenvalue weighted by Crippen LogP contribution is 2.35. The van der Waals surface area contributed by atoms with Gasteiger partial charge in [-0.05, 0) is 54.2 Å². The lowest BCUT2D eigenvalue weighted by Crippen LogP contribution is -2.45. The minimum Gasteiger partial charge on any atom is -0.508 e. The molecule has 194 valence electrons. The van der Waals surface area contributed by atoms with Gasteiger partial charge in [0, 0.05) is 5.69 Å². The van der Waals surface area contributed by atoms with Crippen molar-refractivity contribution in [3.8, 4) is 5.75 Å². The third kappa shape index (κ3) is 6.04. The number of carbonyl (C=O) groups excluding carboxylic acids is 4. The van der Waals surface area contributed by atoms with E-state index < -0.39 is 36.3 Å². The number of hydrogen-bond donors (Lipinski definition) is 4. The second kappa shape index (κ2) is 12.0. The van der Waals surface area contributed by atoms with Gasteiger partial charge in [0.05, 0.1) is 12.3 Å². The van der Waals surface area contributed by atoms with Crippen molar-refractivity contribution in [3.05, 3.63) is 70.2 Å². The Hall–Kier alpha value is -4.45. The van der Waals surface area contributed by atoms with Gasteiger partial charge in [-0.1, -0.05) is 37.3 Å². The van der Waals surface area contributed by atoms with Crippen molar-refractivity contribution in [1.82, 2.24) is 9.69 Å². The summed E-state index contributed by atoms with van der Waals surface area (Å²) in [6, 6.07) is 11.4. The number of esters is 1. The van der Waals surface area contributed by atoms with E-state index in [1.807, 2.05) is 13.0 Å². The van der Waals surface area contributed by atoms with Crippen molar-refractivity contribution in [2.24, 2.45) is 5.73 Å². The number of amides is 3. The number of nitrogens with zero attached hydrogens (tertiary/aromatic N) is 2. The van der Waals surface area contributed by atoms with E-state index in [1.54, 1.807) is 25.1 Å².